The molecule has 2 aromatic heterocycles. The Morgan fingerprint density at radius 2 is 2.00 bits per heavy atom. The summed E-state index contributed by atoms with van der Waals surface area (Å²) >= 11 is 2.85. The molecule has 156 valence electrons. The lowest BCUT2D eigenvalue weighted by Crippen LogP contribution is -2.41. The molecule has 0 spiro atoms. The quantitative estimate of drug-likeness (QED) is 0.624. The zero-order valence-electron chi connectivity index (χ0n) is 16.9. The Kier molecular flexibility index (Phi) is 6.15. The van der Waals surface area contributed by atoms with Crippen molar-refractivity contribution in [1.29, 1.82) is 0 Å². The number of hydrogen-bond donors (Lipinski definition) is 1. The molecule has 1 aromatic carbocycles. The van der Waals surface area contributed by atoms with Crippen molar-refractivity contribution in [3.63, 3.8) is 0 Å². The van der Waals surface area contributed by atoms with Gasteiger partial charge in [0.15, 0.2) is 5.13 Å². The first-order valence-corrected chi connectivity index (χ1v) is 11.6. The van der Waals surface area contributed by atoms with Gasteiger partial charge in [-0.3, -0.25) is 9.59 Å². The highest BCUT2D eigenvalue weighted by Gasteiger charge is 2.28. The monoisotopic (exact) mass is 441 g/mol. The van der Waals surface area contributed by atoms with Gasteiger partial charge in [0, 0.05) is 30.0 Å². The Morgan fingerprint density at radius 1 is 1.20 bits per heavy atom. The van der Waals surface area contributed by atoms with Gasteiger partial charge in [-0.05, 0) is 43.3 Å². The highest BCUT2D eigenvalue weighted by Crippen LogP contribution is 2.33. The third-order valence-corrected chi connectivity index (χ3v) is 6.87. The van der Waals surface area contributed by atoms with Gasteiger partial charge in [0.25, 0.3) is 5.91 Å². The summed E-state index contributed by atoms with van der Waals surface area (Å²) in [4.78, 5) is 32.4. The van der Waals surface area contributed by atoms with Gasteiger partial charge in [0.1, 0.15) is 5.75 Å². The molecule has 0 bridgehead atoms. The van der Waals surface area contributed by atoms with E-state index in [0.29, 0.717) is 31.1 Å². The van der Waals surface area contributed by atoms with E-state index in [0.717, 1.165) is 27.4 Å². The number of methoxy groups -OCH3 is 1. The van der Waals surface area contributed by atoms with Crippen molar-refractivity contribution in [2.75, 3.05) is 25.5 Å². The number of rotatable bonds is 5. The second kappa shape index (κ2) is 8.97. The van der Waals surface area contributed by atoms with E-state index in [2.05, 4.69) is 10.3 Å². The molecule has 2 amide bonds. The summed E-state index contributed by atoms with van der Waals surface area (Å²) in [5.41, 5.74) is 2.81. The van der Waals surface area contributed by atoms with E-state index in [4.69, 9.17) is 4.74 Å². The fourth-order valence-corrected chi connectivity index (χ4v) is 4.99. The van der Waals surface area contributed by atoms with Crippen LogP contribution < -0.4 is 10.1 Å². The van der Waals surface area contributed by atoms with Gasteiger partial charge in [0.05, 0.1) is 17.7 Å². The first-order valence-electron chi connectivity index (χ1n) is 9.79. The van der Waals surface area contributed by atoms with E-state index in [1.807, 2.05) is 52.9 Å². The number of aryl methyl sites for hydroxylation is 1. The van der Waals surface area contributed by atoms with Crippen LogP contribution in [0.4, 0.5) is 5.13 Å². The predicted octanol–water partition coefficient (Wildman–Crippen LogP) is 4.68. The summed E-state index contributed by atoms with van der Waals surface area (Å²) in [7, 11) is 1.64. The third-order valence-electron chi connectivity index (χ3n) is 5.25. The summed E-state index contributed by atoms with van der Waals surface area (Å²) in [5.74, 6) is 0.667. The van der Waals surface area contributed by atoms with Crippen molar-refractivity contribution in [3.05, 3.63) is 51.5 Å². The topological polar surface area (TPSA) is 71.5 Å². The highest BCUT2D eigenvalue weighted by molar-refractivity contribution is 7.14. The molecule has 1 saturated heterocycles. The zero-order valence-corrected chi connectivity index (χ0v) is 18.5. The van der Waals surface area contributed by atoms with Crippen LogP contribution >= 0.6 is 22.7 Å². The number of carbonyl (C=O) groups excluding carboxylic acids is 2. The summed E-state index contributed by atoms with van der Waals surface area (Å²) < 4.78 is 5.44. The molecular formula is C22H23N3O3S2. The average Bonchev–Trinajstić information content (AvgIpc) is 3.46. The lowest BCUT2D eigenvalue weighted by atomic mass is 9.96. The zero-order chi connectivity index (χ0) is 21.1. The summed E-state index contributed by atoms with van der Waals surface area (Å²) in [6, 6.07) is 9.67. The molecule has 30 heavy (non-hydrogen) atoms. The van der Waals surface area contributed by atoms with Crippen LogP contribution in [0.3, 0.4) is 0 Å². The maximum Gasteiger partial charge on any atom is 0.263 e. The van der Waals surface area contributed by atoms with Crippen LogP contribution in [-0.2, 0) is 4.79 Å². The molecule has 4 rings (SSSR count). The minimum absolute atomic E-state index is 0.0321. The van der Waals surface area contributed by atoms with Crippen molar-refractivity contribution >= 4 is 39.6 Å². The fourth-order valence-electron chi connectivity index (χ4n) is 3.59. The number of nitrogens with one attached hydrogen (secondary N) is 1. The highest BCUT2D eigenvalue weighted by atomic mass is 32.1. The molecule has 3 aromatic rings. The fraction of sp³-hybridized carbons (Fsp3) is 0.318. The molecule has 0 radical (unpaired) electrons. The van der Waals surface area contributed by atoms with E-state index < -0.39 is 0 Å². The maximum atomic E-state index is 12.7. The van der Waals surface area contributed by atoms with Gasteiger partial charge in [0.2, 0.25) is 5.91 Å². The van der Waals surface area contributed by atoms with Gasteiger partial charge in [-0.1, -0.05) is 17.7 Å². The minimum Gasteiger partial charge on any atom is -0.496 e. The van der Waals surface area contributed by atoms with Crippen LogP contribution in [0.15, 0.2) is 41.1 Å². The average molecular weight is 442 g/mol. The Balaban J connectivity index is 1.37. The Bertz CT molecular complexity index is 1040. The number of nitrogens with zero attached hydrogens (tertiary/aromatic N) is 2. The molecule has 6 nitrogen and oxygen atoms in total. The lowest BCUT2D eigenvalue weighted by molar-refractivity contribution is -0.121. The Morgan fingerprint density at radius 3 is 2.70 bits per heavy atom. The lowest BCUT2D eigenvalue weighted by Gasteiger charge is -2.30. The number of benzene rings is 1. The summed E-state index contributed by atoms with van der Waals surface area (Å²) in [5, 5.41) is 7.36. The van der Waals surface area contributed by atoms with Crippen LogP contribution in [0.5, 0.6) is 5.75 Å². The number of thiazole rings is 1. The molecule has 1 aliphatic heterocycles. The largest absolute Gasteiger partial charge is 0.496 e. The molecule has 3 heterocycles. The number of piperidine rings is 1. The molecule has 0 saturated carbocycles. The van der Waals surface area contributed by atoms with Crippen molar-refractivity contribution in [1.82, 2.24) is 9.88 Å². The van der Waals surface area contributed by atoms with E-state index >= 15 is 0 Å². The van der Waals surface area contributed by atoms with Crippen LogP contribution in [0, 0.1) is 12.8 Å². The molecule has 1 aliphatic rings. The number of ether oxygens (including phenoxy) is 1. The molecule has 0 unspecified atom stereocenters. The van der Waals surface area contributed by atoms with Gasteiger partial charge in [-0.15, -0.1) is 22.7 Å². The first kappa shape index (κ1) is 20.6. The van der Waals surface area contributed by atoms with Crippen LogP contribution in [0.25, 0.3) is 11.3 Å². The van der Waals surface area contributed by atoms with Gasteiger partial charge >= 0.3 is 0 Å². The second-order valence-corrected chi connectivity index (χ2v) is 9.08. The van der Waals surface area contributed by atoms with Gasteiger partial charge in [-0.2, -0.15) is 0 Å². The molecule has 8 heteroatoms. The van der Waals surface area contributed by atoms with Crippen molar-refractivity contribution in [2.24, 2.45) is 5.92 Å². The number of aromatic nitrogens is 1. The summed E-state index contributed by atoms with van der Waals surface area (Å²) in [6.45, 7) is 3.21. The number of anilines is 1. The number of carbonyl (C=O) groups is 2. The number of likely N-dealkylation sites (tertiary alicyclic amines) is 1. The SMILES string of the molecule is COc1ccc(C)cc1-c1csc(NC(=O)C2CCN(C(=O)c3cccs3)CC2)n1. The van der Waals surface area contributed by atoms with Crippen molar-refractivity contribution < 1.29 is 14.3 Å². The predicted molar refractivity (Wildman–Crippen MR) is 120 cm³/mol. The van der Waals surface area contributed by atoms with Crippen molar-refractivity contribution in [3.8, 4) is 17.0 Å². The van der Waals surface area contributed by atoms with E-state index in [1.165, 1.54) is 22.7 Å². The maximum absolute atomic E-state index is 12.7. The molecular weight excluding hydrogens is 418 g/mol. The van der Waals surface area contributed by atoms with Crippen LogP contribution in [0.1, 0.15) is 28.1 Å². The summed E-state index contributed by atoms with van der Waals surface area (Å²) in [6.07, 6.45) is 1.32. The third kappa shape index (κ3) is 4.39. The van der Waals surface area contributed by atoms with Gasteiger partial charge in [-0.25, -0.2) is 4.98 Å². The van der Waals surface area contributed by atoms with Crippen LogP contribution in [-0.4, -0.2) is 41.9 Å². The Labute approximate surface area is 183 Å². The van der Waals surface area contributed by atoms with E-state index in [-0.39, 0.29) is 17.7 Å². The van der Waals surface area contributed by atoms with E-state index in [1.54, 1.807) is 7.11 Å². The Hall–Kier alpha value is -2.71. The van der Waals surface area contributed by atoms with Gasteiger partial charge < -0.3 is 15.0 Å². The van der Waals surface area contributed by atoms with Crippen molar-refractivity contribution in [2.45, 2.75) is 19.8 Å². The van der Waals surface area contributed by atoms with E-state index in [9.17, 15) is 9.59 Å². The molecule has 0 aliphatic carbocycles. The standard InChI is InChI=1S/C22H23N3O3S2/c1-14-5-6-18(28-2)16(12-14)17-13-30-22(23-17)24-20(26)15-7-9-25(10-8-15)21(27)19-4-3-11-29-19/h3-6,11-13,15H,7-10H2,1-2H3,(H,23,24,26). The first-order chi connectivity index (χ1) is 14.5. The molecule has 0 atom stereocenters. The molecule has 1 N–H and O–H groups in total. The second-order valence-electron chi connectivity index (χ2n) is 7.27. The number of amides is 2. The number of thiophene rings is 1. The minimum atomic E-state index is -0.113. The molecule has 1 fully saturated rings. The van der Waals surface area contributed by atoms with Crippen LogP contribution in [0.2, 0.25) is 0 Å². The number of hydrogen-bond acceptors (Lipinski definition) is 6. The smallest absolute Gasteiger partial charge is 0.263 e. The normalized spacial score (nSPS) is 14.5.